The number of nitrogens with zero attached hydrogens (tertiary/aromatic N) is 4. The summed E-state index contributed by atoms with van der Waals surface area (Å²) >= 11 is 0. The van der Waals surface area contributed by atoms with E-state index in [1.54, 1.807) is 11.6 Å². The van der Waals surface area contributed by atoms with Gasteiger partial charge in [-0.3, -0.25) is 19.4 Å². The van der Waals surface area contributed by atoms with E-state index in [1.165, 1.54) is 4.90 Å². The summed E-state index contributed by atoms with van der Waals surface area (Å²) in [5.74, 6) is -0.0690. The van der Waals surface area contributed by atoms with Crippen molar-refractivity contribution in [2.75, 3.05) is 13.1 Å². The van der Waals surface area contributed by atoms with Crippen molar-refractivity contribution < 1.29 is 14.7 Å². The minimum Gasteiger partial charge on any atom is -0.465 e. The number of carbonyl (C=O) groups is 2. The third-order valence-corrected chi connectivity index (χ3v) is 9.03. The topological polar surface area (TPSA) is 86.1 Å². The average Bonchev–Trinajstić information content (AvgIpc) is 3.35. The molecule has 2 heterocycles. The Labute approximate surface area is 248 Å². The second-order valence-corrected chi connectivity index (χ2v) is 13.0. The fraction of sp³-hybridized carbons (Fsp3) is 0.500. The molecule has 1 aliphatic heterocycles. The number of benzene rings is 2. The molecule has 2 atom stereocenters. The van der Waals surface area contributed by atoms with Crippen LogP contribution in [0.2, 0.25) is 0 Å². The highest BCUT2D eigenvalue weighted by Gasteiger charge is 2.47. The van der Waals surface area contributed by atoms with Crippen molar-refractivity contribution in [2.45, 2.75) is 83.6 Å². The number of para-hydroxylation sites is 1. The number of aryl methyl sites for hydroxylation is 1. The molecule has 1 aromatic heterocycles. The van der Waals surface area contributed by atoms with Crippen LogP contribution in [0.1, 0.15) is 64.0 Å². The number of fused-ring (bicyclic) bond motifs is 1. The molecule has 0 spiro atoms. The van der Waals surface area contributed by atoms with E-state index < -0.39 is 23.7 Å². The number of pyridine rings is 1. The Balaban J connectivity index is 1.58. The summed E-state index contributed by atoms with van der Waals surface area (Å²) in [6, 6.07) is 19.0. The number of hydrogen-bond acceptors (Lipinski definition) is 4. The van der Waals surface area contributed by atoms with Gasteiger partial charge in [0, 0.05) is 43.7 Å². The summed E-state index contributed by atoms with van der Waals surface area (Å²) in [6.45, 7) is 7.58. The third-order valence-electron chi connectivity index (χ3n) is 9.03. The van der Waals surface area contributed by atoms with Gasteiger partial charge in [0.15, 0.2) is 0 Å². The van der Waals surface area contributed by atoms with Crippen LogP contribution >= 0.6 is 0 Å². The third kappa shape index (κ3) is 6.24. The molecule has 42 heavy (non-hydrogen) atoms. The van der Waals surface area contributed by atoms with Gasteiger partial charge in [0.25, 0.3) is 5.56 Å². The van der Waals surface area contributed by atoms with E-state index in [2.05, 4.69) is 17.0 Å². The molecule has 0 unspecified atom stereocenters. The summed E-state index contributed by atoms with van der Waals surface area (Å²) in [6.07, 6.45) is 3.82. The summed E-state index contributed by atoms with van der Waals surface area (Å²) in [5.41, 5.74) is 1.74. The van der Waals surface area contributed by atoms with Gasteiger partial charge in [-0.2, -0.15) is 0 Å². The van der Waals surface area contributed by atoms with Crippen molar-refractivity contribution in [3.8, 4) is 0 Å². The molecule has 1 aliphatic carbocycles. The Morgan fingerprint density at radius 3 is 2.24 bits per heavy atom. The number of amides is 2. The quantitative estimate of drug-likeness (QED) is 0.405. The lowest BCUT2D eigenvalue weighted by Crippen LogP contribution is -2.60. The fourth-order valence-corrected chi connectivity index (χ4v) is 7.03. The van der Waals surface area contributed by atoms with Crippen LogP contribution in [-0.2, 0) is 24.9 Å². The normalized spacial score (nSPS) is 20.1. The van der Waals surface area contributed by atoms with Crippen LogP contribution in [0.25, 0.3) is 10.9 Å². The molecule has 5 rings (SSSR count). The summed E-state index contributed by atoms with van der Waals surface area (Å²) < 4.78 is 1.65. The Morgan fingerprint density at radius 1 is 0.929 bits per heavy atom. The van der Waals surface area contributed by atoms with Gasteiger partial charge < -0.3 is 14.6 Å². The van der Waals surface area contributed by atoms with Gasteiger partial charge in [0.2, 0.25) is 5.91 Å². The van der Waals surface area contributed by atoms with Crippen molar-refractivity contribution in [2.24, 2.45) is 13.0 Å². The molecular formula is C34H44N4O4. The summed E-state index contributed by atoms with van der Waals surface area (Å²) in [4.78, 5) is 46.5. The molecule has 2 aliphatic rings. The van der Waals surface area contributed by atoms with Crippen molar-refractivity contribution in [3.63, 3.8) is 0 Å². The van der Waals surface area contributed by atoms with Crippen LogP contribution in [-0.4, -0.2) is 67.1 Å². The van der Waals surface area contributed by atoms with Gasteiger partial charge in [0.1, 0.15) is 0 Å². The van der Waals surface area contributed by atoms with Gasteiger partial charge in [-0.15, -0.1) is 0 Å². The Hall–Kier alpha value is -3.65. The maximum absolute atomic E-state index is 14.4. The first-order chi connectivity index (χ1) is 20.0. The van der Waals surface area contributed by atoms with E-state index in [9.17, 15) is 19.5 Å². The predicted molar refractivity (Wildman–Crippen MR) is 165 cm³/mol. The molecule has 2 fully saturated rings. The first-order valence-corrected chi connectivity index (χ1v) is 15.2. The Morgan fingerprint density at radius 2 is 1.57 bits per heavy atom. The van der Waals surface area contributed by atoms with Crippen LogP contribution in [0.3, 0.4) is 0 Å². The standard InChI is InChI=1S/C34H44N4O4/c1-34(2,3)38(33(41)42)30-23-36(20-24-13-7-5-8-14-24)22-29(30)37(32(40)25-15-9-6-10-16-25)21-27-19-26-17-11-12-18-28(26)35(4)31(27)39/h5,7-8,11-14,17-19,25,29-30H,6,9-10,15-16,20-23H2,1-4H3,(H,41,42)/t29-,30-/m1/s1. The highest BCUT2D eigenvalue weighted by molar-refractivity contribution is 5.81. The van der Waals surface area contributed by atoms with Crippen LogP contribution in [0.5, 0.6) is 0 Å². The predicted octanol–water partition coefficient (Wildman–Crippen LogP) is 5.48. The first kappa shape index (κ1) is 29.8. The fourth-order valence-electron chi connectivity index (χ4n) is 7.03. The zero-order valence-electron chi connectivity index (χ0n) is 25.3. The smallest absolute Gasteiger partial charge is 0.408 e. The lowest BCUT2D eigenvalue weighted by molar-refractivity contribution is -0.141. The number of carboxylic acid groups (broad SMARTS) is 1. The second kappa shape index (κ2) is 12.3. The molecular weight excluding hydrogens is 528 g/mol. The first-order valence-electron chi connectivity index (χ1n) is 15.2. The number of rotatable bonds is 7. The van der Waals surface area contributed by atoms with Gasteiger partial charge in [0.05, 0.1) is 24.1 Å². The number of hydrogen-bond donors (Lipinski definition) is 1. The van der Waals surface area contributed by atoms with Crippen LogP contribution in [0.15, 0.2) is 65.5 Å². The monoisotopic (exact) mass is 572 g/mol. The minimum atomic E-state index is -0.995. The van der Waals surface area contributed by atoms with E-state index in [4.69, 9.17) is 0 Å². The van der Waals surface area contributed by atoms with Crippen LogP contribution in [0.4, 0.5) is 4.79 Å². The molecule has 0 bridgehead atoms. The Bertz CT molecular complexity index is 1470. The maximum Gasteiger partial charge on any atom is 0.408 e. The summed E-state index contributed by atoms with van der Waals surface area (Å²) in [7, 11) is 1.77. The molecule has 0 radical (unpaired) electrons. The van der Waals surface area contributed by atoms with Gasteiger partial charge in [-0.25, -0.2) is 4.79 Å². The van der Waals surface area contributed by atoms with Crippen molar-refractivity contribution in [1.82, 2.24) is 19.3 Å². The second-order valence-electron chi connectivity index (χ2n) is 13.0. The Kier molecular flexibility index (Phi) is 8.73. The minimum absolute atomic E-state index is 0.0423. The highest BCUT2D eigenvalue weighted by atomic mass is 16.4. The molecule has 1 saturated heterocycles. The zero-order chi connectivity index (χ0) is 30.0. The van der Waals surface area contributed by atoms with Crippen molar-refractivity contribution in [3.05, 3.63) is 82.1 Å². The number of aromatic nitrogens is 1. The molecule has 1 saturated carbocycles. The summed E-state index contributed by atoms with van der Waals surface area (Å²) in [5, 5.41) is 11.4. The molecule has 1 N–H and O–H groups in total. The molecule has 224 valence electrons. The molecule has 8 nitrogen and oxygen atoms in total. The van der Waals surface area contributed by atoms with Gasteiger partial charge in [-0.05, 0) is 56.7 Å². The highest BCUT2D eigenvalue weighted by Crippen LogP contribution is 2.33. The van der Waals surface area contributed by atoms with Crippen LogP contribution < -0.4 is 5.56 Å². The lowest BCUT2D eigenvalue weighted by atomic mass is 9.87. The number of carbonyl (C=O) groups excluding carboxylic acids is 1. The van der Waals surface area contributed by atoms with Crippen LogP contribution in [0, 0.1) is 5.92 Å². The largest absolute Gasteiger partial charge is 0.465 e. The molecule has 3 aromatic rings. The van der Waals surface area contributed by atoms with E-state index in [0.717, 1.165) is 48.6 Å². The molecule has 2 amide bonds. The molecule has 2 aromatic carbocycles. The maximum atomic E-state index is 14.4. The number of likely N-dealkylation sites (tertiary alicyclic amines) is 1. The average molecular weight is 573 g/mol. The van der Waals surface area contributed by atoms with E-state index in [-0.39, 0.29) is 23.9 Å². The van der Waals surface area contributed by atoms with E-state index >= 15 is 0 Å². The SMILES string of the molecule is Cn1c(=O)c(CN(C(=O)C2CCCCC2)[C@@H]2CN(Cc3ccccc3)C[C@H]2N(C(=O)O)C(C)(C)C)cc2ccccc21. The zero-order valence-corrected chi connectivity index (χ0v) is 25.3. The molecule has 8 heteroatoms. The van der Waals surface area contributed by atoms with E-state index in [0.29, 0.717) is 25.2 Å². The van der Waals surface area contributed by atoms with Gasteiger partial charge >= 0.3 is 6.09 Å². The van der Waals surface area contributed by atoms with E-state index in [1.807, 2.05) is 74.2 Å². The van der Waals surface area contributed by atoms with Gasteiger partial charge in [-0.1, -0.05) is 67.8 Å². The van der Waals surface area contributed by atoms with Crippen molar-refractivity contribution >= 4 is 22.9 Å². The van der Waals surface area contributed by atoms with Crippen molar-refractivity contribution in [1.29, 1.82) is 0 Å². The lowest BCUT2D eigenvalue weighted by Gasteiger charge is -2.44.